The van der Waals surface area contributed by atoms with Crippen molar-refractivity contribution in [1.29, 1.82) is 0 Å². The van der Waals surface area contributed by atoms with Crippen LogP contribution in [-0.4, -0.2) is 42.6 Å². The van der Waals surface area contributed by atoms with Crippen molar-refractivity contribution in [3.8, 4) is 0 Å². The molecule has 0 bridgehead atoms. The second-order valence-electron chi connectivity index (χ2n) is 5.12. The molecule has 2 rings (SSSR count). The largest absolute Gasteiger partial charge is 0.377 e. The van der Waals surface area contributed by atoms with E-state index in [1.807, 2.05) is 42.2 Å². The Morgan fingerprint density at radius 2 is 2.15 bits per heavy atom. The minimum absolute atomic E-state index is 0. The van der Waals surface area contributed by atoms with Gasteiger partial charge in [-0.25, -0.2) is 0 Å². The Hall–Kier alpha value is -1.10. The summed E-state index contributed by atoms with van der Waals surface area (Å²) >= 11 is 0. The highest BCUT2D eigenvalue weighted by molar-refractivity contribution is 5.85. The lowest BCUT2D eigenvalue weighted by Crippen LogP contribution is -2.46. The molecule has 1 amide bonds. The number of nitrogens with two attached hydrogens (primary N) is 1. The lowest BCUT2D eigenvalue weighted by Gasteiger charge is -2.25. The lowest BCUT2D eigenvalue weighted by atomic mass is 10.1. The zero-order valence-corrected chi connectivity index (χ0v) is 12.6. The molecule has 20 heavy (non-hydrogen) atoms. The Kier molecular flexibility index (Phi) is 6.99. The van der Waals surface area contributed by atoms with Gasteiger partial charge in [0, 0.05) is 19.7 Å². The second kappa shape index (κ2) is 8.25. The van der Waals surface area contributed by atoms with Crippen molar-refractivity contribution in [2.24, 2.45) is 5.73 Å². The minimum atomic E-state index is -0.465. The van der Waals surface area contributed by atoms with Crippen molar-refractivity contribution < 1.29 is 9.53 Å². The highest BCUT2D eigenvalue weighted by Crippen LogP contribution is 2.09. The highest BCUT2D eigenvalue weighted by atomic mass is 35.5. The van der Waals surface area contributed by atoms with Gasteiger partial charge in [-0.05, 0) is 25.3 Å². The zero-order valence-electron chi connectivity index (χ0n) is 11.8. The first-order valence-corrected chi connectivity index (χ1v) is 6.86. The number of benzene rings is 1. The molecular weight excluding hydrogens is 276 g/mol. The lowest BCUT2D eigenvalue weighted by molar-refractivity contribution is -0.133. The van der Waals surface area contributed by atoms with Gasteiger partial charge in [0.15, 0.2) is 0 Å². The third-order valence-electron chi connectivity index (χ3n) is 3.38. The van der Waals surface area contributed by atoms with E-state index in [0.29, 0.717) is 13.0 Å². The van der Waals surface area contributed by atoms with Crippen LogP contribution in [0.25, 0.3) is 0 Å². The summed E-state index contributed by atoms with van der Waals surface area (Å²) in [6.45, 7) is 4.10. The van der Waals surface area contributed by atoms with Gasteiger partial charge in [0.05, 0.1) is 12.1 Å². The summed E-state index contributed by atoms with van der Waals surface area (Å²) in [5, 5.41) is 0. The maximum absolute atomic E-state index is 12.3. The molecule has 5 heteroatoms. The van der Waals surface area contributed by atoms with Crippen LogP contribution in [0.3, 0.4) is 0 Å². The predicted molar refractivity (Wildman–Crippen MR) is 82.0 cm³/mol. The van der Waals surface area contributed by atoms with Crippen molar-refractivity contribution in [2.75, 3.05) is 19.7 Å². The van der Waals surface area contributed by atoms with E-state index in [-0.39, 0.29) is 24.4 Å². The summed E-state index contributed by atoms with van der Waals surface area (Å²) in [5.74, 6) is 0.0289. The van der Waals surface area contributed by atoms with Gasteiger partial charge in [-0.1, -0.05) is 30.3 Å². The van der Waals surface area contributed by atoms with Crippen LogP contribution < -0.4 is 5.73 Å². The van der Waals surface area contributed by atoms with Crippen molar-refractivity contribution >= 4 is 18.3 Å². The molecule has 1 heterocycles. The number of rotatable bonds is 3. The third kappa shape index (κ3) is 4.78. The van der Waals surface area contributed by atoms with Crippen molar-refractivity contribution in [2.45, 2.75) is 31.9 Å². The van der Waals surface area contributed by atoms with Gasteiger partial charge >= 0.3 is 0 Å². The molecule has 112 valence electrons. The van der Waals surface area contributed by atoms with E-state index in [1.165, 1.54) is 0 Å². The fraction of sp³-hybridized carbons (Fsp3) is 0.533. The first-order chi connectivity index (χ1) is 9.16. The molecular formula is C15H23ClN2O2. The van der Waals surface area contributed by atoms with Crippen LogP contribution in [0.5, 0.6) is 0 Å². The van der Waals surface area contributed by atoms with Gasteiger partial charge in [0.25, 0.3) is 0 Å². The van der Waals surface area contributed by atoms with Gasteiger partial charge in [-0.15, -0.1) is 12.4 Å². The van der Waals surface area contributed by atoms with Gasteiger partial charge in [0.2, 0.25) is 5.91 Å². The van der Waals surface area contributed by atoms with Crippen molar-refractivity contribution in [1.82, 2.24) is 4.90 Å². The highest BCUT2D eigenvalue weighted by Gasteiger charge is 2.24. The first kappa shape index (κ1) is 17.0. The predicted octanol–water partition coefficient (Wildman–Crippen LogP) is 1.62. The van der Waals surface area contributed by atoms with Gasteiger partial charge < -0.3 is 15.4 Å². The quantitative estimate of drug-likeness (QED) is 0.922. The first-order valence-electron chi connectivity index (χ1n) is 6.86. The minimum Gasteiger partial charge on any atom is -0.377 e. The standard InChI is InChI=1S/C15H22N2O2.ClH/c1-12-11-17(8-5-9-19-12)15(18)14(16)10-13-6-3-2-4-7-13;/h2-4,6-7,12,14H,5,8-11,16H2,1H3;1H. The summed E-state index contributed by atoms with van der Waals surface area (Å²) in [4.78, 5) is 14.2. The van der Waals surface area contributed by atoms with Crippen LogP contribution in [0.15, 0.2) is 30.3 Å². The average molecular weight is 299 g/mol. The maximum atomic E-state index is 12.3. The van der Waals surface area contributed by atoms with E-state index in [2.05, 4.69) is 0 Å². The van der Waals surface area contributed by atoms with Crippen LogP contribution in [-0.2, 0) is 16.0 Å². The molecule has 1 aromatic carbocycles. The topological polar surface area (TPSA) is 55.6 Å². The SMILES string of the molecule is CC1CN(C(=O)C(N)Cc2ccccc2)CCCO1.Cl. The molecule has 1 aliphatic rings. The summed E-state index contributed by atoms with van der Waals surface area (Å²) in [7, 11) is 0. The van der Waals surface area contributed by atoms with Gasteiger partial charge in [-0.2, -0.15) is 0 Å². The van der Waals surface area contributed by atoms with Gasteiger partial charge in [0.1, 0.15) is 0 Å². The summed E-state index contributed by atoms with van der Waals surface area (Å²) in [6, 6.07) is 9.43. The van der Waals surface area contributed by atoms with E-state index < -0.39 is 6.04 Å². The van der Waals surface area contributed by atoms with Crippen LogP contribution in [0.2, 0.25) is 0 Å². The Morgan fingerprint density at radius 3 is 2.85 bits per heavy atom. The number of nitrogens with zero attached hydrogens (tertiary/aromatic N) is 1. The molecule has 0 saturated carbocycles. The van der Waals surface area contributed by atoms with E-state index in [4.69, 9.17) is 10.5 Å². The molecule has 2 atom stereocenters. The molecule has 2 N–H and O–H groups in total. The normalized spacial score (nSPS) is 20.7. The molecule has 0 spiro atoms. The number of halogens is 1. The smallest absolute Gasteiger partial charge is 0.239 e. The molecule has 1 saturated heterocycles. The van der Waals surface area contributed by atoms with E-state index in [9.17, 15) is 4.79 Å². The van der Waals surface area contributed by atoms with Crippen LogP contribution in [0.1, 0.15) is 18.9 Å². The van der Waals surface area contributed by atoms with Crippen molar-refractivity contribution in [3.63, 3.8) is 0 Å². The Bertz CT molecular complexity index is 414. The van der Waals surface area contributed by atoms with Crippen LogP contribution >= 0.6 is 12.4 Å². The molecule has 1 aromatic rings. The number of hydrogen-bond donors (Lipinski definition) is 1. The molecule has 1 fully saturated rings. The summed E-state index contributed by atoms with van der Waals surface area (Å²) in [5.41, 5.74) is 7.14. The second-order valence-corrected chi connectivity index (χ2v) is 5.12. The number of carbonyl (C=O) groups is 1. The third-order valence-corrected chi connectivity index (χ3v) is 3.38. The molecule has 2 unspecified atom stereocenters. The van der Waals surface area contributed by atoms with E-state index in [1.54, 1.807) is 0 Å². The molecule has 0 aliphatic carbocycles. The molecule has 1 aliphatic heterocycles. The van der Waals surface area contributed by atoms with Crippen molar-refractivity contribution in [3.05, 3.63) is 35.9 Å². The average Bonchev–Trinajstić information content (AvgIpc) is 2.63. The summed E-state index contributed by atoms with van der Waals surface area (Å²) in [6.07, 6.45) is 1.56. The van der Waals surface area contributed by atoms with Gasteiger partial charge in [-0.3, -0.25) is 4.79 Å². The van der Waals surface area contributed by atoms with Crippen LogP contribution in [0.4, 0.5) is 0 Å². The fourth-order valence-electron chi connectivity index (χ4n) is 2.38. The molecule has 0 radical (unpaired) electrons. The fourth-order valence-corrected chi connectivity index (χ4v) is 2.38. The maximum Gasteiger partial charge on any atom is 0.239 e. The van der Waals surface area contributed by atoms with E-state index >= 15 is 0 Å². The Morgan fingerprint density at radius 1 is 1.45 bits per heavy atom. The Balaban J connectivity index is 0.00000200. The number of carbonyl (C=O) groups excluding carboxylic acids is 1. The monoisotopic (exact) mass is 298 g/mol. The molecule has 0 aromatic heterocycles. The summed E-state index contributed by atoms with van der Waals surface area (Å²) < 4.78 is 5.55. The number of hydrogen-bond acceptors (Lipinski definition) is 3. The van der Waals surface area contributed by atoms with Crippen LogP contribution in [0, 0.1) is 0 Å². The number of amides is 1. The molecule has 4 nitrogen and oxygen atoms in total. The zero-order chi connectivity index (χ0) is 13.7. The number of ether oxygens (including phenoxy) is 1. The van der Waals surface area contributed by atoms with E-state index in [0.717, 1.165) is 25.1 Å². The Labute approximate surface area is 126 Å².